The second-order valence-corrected chi connectivity index (χ2v) is 6.44. The van der Waals surface area contributed by atoms with E-state index in [2.05, 4.69) is 15.2 Å². The first kappa shape index (κ1) is 18.7. The summed E-state index contributed by atoms with van der Waals surface area (Å²) in [7, 11) is 1.72. The fourth-order valence-corrected chi connectivity index (χ4v) is 3.16. The molecule has 2 aromatic carbocycles. The lowest BCUT2D eigenvalue weighted by Gasteiger charge is -2.34. The predicted molar refractivity (Wildman–Crippen MR) is 103 cm³/mol. The molecule has 1 aliphatic rings. The van der Waals surface area contributed by atoms with Gasteiger partial charge in [-0.15, -0.1) is 0 Å². The number of nitrogens with one attached hydrogen (secondary N) is 1. The van der Waals surface area contributed by atoms with Crippen LogP contribution in [0.5, 0.6) is 5.75 Å². The Bertz CT molecular complexity index is 824. The van der Waals surface area contributed by atoms with Crippen molar-refractivity contribution < 1.29 is 9.13 Å². The summed E-state index contributed by atoms with van der Waals surface area (Å²) in [4.78, 5) is 6.46. The zero-order valence-corrected chi connectivity index (χ0v) is 15.4. The van der Waals surface area contributed by atoms with Gasteiger partial charge < -0.3 is 15.0 Å². The SMILES string of the molecule is CN=C(NCc1cc(C#N)ccc1F)N1CCC(Oc2ccccc2)CC1. The van der Waals surface area contributed by atoms with Crippen molar-refractivity contribution in [1.82, 2.24) is 10.2 Å². The standard InChI is InChI=1S/C21H23FN4O/c1-24-21(25-15-17-13-16(14-23)7-8-20(17)22)26-11-9-19(10-12-26)27-18-5-3-2-4-6-18/h2-8,13,19H,9-12,15H2,1H3,(H,24,25). The van der Waals surface area contributed by atoms with Gasteiger partial charge in [0.1, 0.15) is 17.7 Å². The number of likely N-dealkylation sites (tertiary alicyclic amines) is 1. The predicted octanol–water partition coefficient (Wildman–Crippen LogP) is 3.32. The minimum atomic E-state index is -0.327. The van der Waals surface area contributed by atoms with E-state index in [1.165, 1.54) is 12.1 Å². The zero-order chi connectivity index (χ0) is 19.1. The number of rotatable bonds is 4. The normalized spacial score (nSPS) is 15.3. The number of ether oxygens (including phenoxy) is 1. The number of nitrogens with zero attached hydrogens (tertiary/aromatic N) is 3. The monoisotopic (exact) mass is 366 g/mol. The van der Waals surface area contributed by atoms with Crippen molar-refractivity contribution in [1.29, 1.82) is 5.26 Å². The first-order valence-electron chi connectivity index (χ1n) is 9.05. The number of hydrogen-bond donors (Lipinski definition) is 1. The van der Waals surface area contributed by atoms with Crippen LogP contribution in [0.3, 0.4) is 0 Å². The van der Waals surface area contributed by atoms with Crippen LogP contribution in [0.15, 0.2) is 53.5 Å². The van der Waals surface area contributed by atoms with Crippen LogP contribution < -0.4 is 10.1 Å². The van der Waals surface area contributed by atoms with Gasteiger partial charge in [0.25, 0.3) is 0 Å². The number of para-hydroxylation sites is 1. The smallest absolute Gasteiger partial charge is 0.193 e. The van der Waals surface area contributed by atoms with Gasteiger partial charge in [0.05, 0.1) is 11.6 Å². The molecule has 1 fully saturated rings. The molecule has 1 heterocycles. The van der Waals surface area contributed by atoms with Crippen molar-refractivity contribution in [3.8, 4) is 11.8 Å². The first-order chi connectivity index (χ1) is 13.2. The molecule has 1 N–H and O–H groups in total. The van der Waals surface area contributed by atoms with E-state index in [0.29, 0.717) is 11.1 Å². The largest absolute Gasteiger partial charge is 0.490 e. The highest BCUT2D eigenvalue weighted by Gasteiger charge is 2.22. The van der Waals surface area contributed by atoms with Gasteiger partial charge >= 0.3 is 0 Å². The molecule has 0 amide bonds. The molecule has 140 valence electrons. The lowest BCUT2D eigenvalue weighted by atomic mass is 10.1. The Morgan fingerprint density at radius 1 is 1.26 bits per heavy atom. The molecule has 27 heavy (non-hydrogen) atoms. The third-order valence-electron chi connectivity index (χ3n) is 4.61. The fourth-order valence-electron chi connectivity index (χ4n) is 3.16. The van der Waals surface area contributed by atoms with Crippen LogP contribution in [0.1, 0.15) is 24.0 Å². The van der Waals surface area contributed by atoms with Crippen LogP contribution in [0.25, 0.3) is 0 Å². The van der Waals surface area contributed by atoms with E-state index in [1.54, 1.807) is 13.1 Å². The molecule has 0 saturated carbocycles. The summed E-state index contributed by atoms with van der Waals surface area (Å²) in [5, 5.41) is 12.2. The van der Waals surface area contributed by atoms with Gasteiger partial charge in [-0.25, -0.2) is 4.39 Å². The average Bonchev–Trinajstić information content (AvgIpc) is 2.71. The maximum atomic E-state index is 13.9. The van der Waals surface area contributed by atoms with Gasteiger partial charge in [-0.2, -0.15) is 5.26 Å². The van der Waals surface area contributed by atoms with E-state index in [-0.39, 0.29) is 18.5 Å². The number of guanidine groups is 1. The van der Waals surface area contributed by atoms with Gasteiger partial charge in [0, 0.05) is 45.1 Å². The number of piperidine rings is 1. The number of benzene rings is 2. The van der Waals surface area contributed by atoms with Crippen LogP contribution in [0.2, 0.25) is 0 Å². The molecule has 0 atom stereocenters. The lowest BCUT2D eigenvalue weighted by Crippen LogP contribution is -2.47. The Labute approximate surface area is 159 Å². The summed E-state index contributed by atoms with van der Waals surface area (Å²) in [6.45, 7) is 1.92. The molecule has 0 spiro atoms. The summed E-state index contributed by atoms with van der Waals surface area (Å²) in [5.41, 5.74) is 0.902. The zero-order valence-electron chi connectivity index (χ0n) is 15.4. The fraction of sp³-hybridized carbons (Fsp3) is 0.333. The highest BCUT2D eigenvalue weighted by molar-refractivity contribution is 5.80. The van der Waals surface area contributed by atoms with E-state index < -0.39 is 0 Å². The molecular weight excluding hydrogens is 343 g/mol. The molecule has 3 rings (SSSR count). The third kappa shape index (κ3) is 4.98. The number of aliphatic imine (C=N–C) groups is 1. The number of hydrogen-bond acceptors (Lipinski definition) is 3. The molecule has 0 unspecified atom stereocenters. The Balaban J connectivity index is 1.53. The molecule has 5 nitrogen and oxygen atoms in total. The quantitative estimate of drug-likeness (QED) is 0.666. The second-order valence-electron chi connectivity index (χ2n) is 6.44. The van der Waals surface area contributed by atoms with E-state index >= 15 is 0 Å². The molecule has 0 bridgehead atoms. The van der Waals surface area contributed by atoms with Crippen molar-refractivity contribution in [3.63, 3.8) is 0 Å². The number of nitriles is 1. The van der Waals surface area contributed by atoms with E-state index in [0.717, 1.165) is 37.6 Å². The Morgan fingerprint density at radius 2 is 2.00 bits per heavy atom. The van der Waals surface area contributed by atoms with Gasteiger partial charge in [-0.3, -0.25) is 4.99 Å². The third-order valence-corrected chi connectivity index (χ3v) is 4.61. The summed E-state index contributed by atoms with van der Waals surface area (Å²) in [5.74, 6) is 1.30. The van der Waals surface area contributed by atoms with E-state index in [4.69, 9.17) is 10.00 Å². The topological polar surface area (TPSA) is 60.7 Å². The van der Waals surface area contributed by atoms with Gasteiger partial charge in [-0.05, 0) is 30.3 Å². The minimum absolute atomic E-state index is 0.187. The van der Waals surface area contributed by atoms with Crippen LogP contribution in [0.4, 0.5) is 4.39 Å². The van der Waals surface area contributed by atoms with E-state index in [1.807, 2.05) is 36.4 Å². The summed E-state index contributed by atoms with van der Waals surface area (Å²) in [6.07, 6.45) is 1.98. The van der Waals surface area contributed by atoms with Crippen molar-refractivity contribution in [2.75, 3.05) is 20.1 Å². The first-order valence-corrected chi connectivity index (χ1v) is 9.05. The maximum absolute atomic E-state index is 13.9. The van der Waals surface area contributed by atoms with Crippen molar-refractivity contribution >= 4 is 5.96 Å². The van der Waals surface area contributed by atoms with Crippen molar-refractivity contribution in [2.45, 2.75) is 25.5 Å². The highest BCUT2D eigenvalue weighted by Crippen LogP contribution is 2.19. The molecule has 0 aliphatic carbocycles. The average molecular weight is 366 g/mol. The van der Waals surface area contributed by atoms with Gasteiger partial charge in [0.15, 0.2) is 5.96 Å². The van der Waals surface area contributed by atoms with Gasteiger partial charge in [0.2, 0.25) is 0 Å². The molecule has 1 saturated heterocycles. The Hall–Kier alpha value is -3.07. The Kier molecular flexibility index (Phi) is 6.26. The second kappa shape index (κ2) is 9.04. The summed E-state index contributed by atoms with van der Waals surface area (Å²) >= 11 is 0. The summed E-state index contributed by atoms with van der Waals surface area (Å²) < 4.78 is 20.0. The van der Waals surface area contributed by atoms with Crippen LogP contribution >= 0.6 is 0 Å². The van der Waals surface area contributed by atoms with Crippen LogP contribution in [-0.2, 0) is 6.54 Å². The number of halogens is 1. The van der Waals surface area contributed by atoms with Crippen molar-refractivity contribution in [2.24, 2.45) is 4.99 Å². The van der Waals surface area contributed by atoms with E-state index in [9.17, 15) is 4.39 Å². The van der Waals surface area contributed by atoms with Crippen LogP contribution in [-0.4, -0.2) is 37.1 Å². The molecule has 1 aliphatic heterocycles. The molecule has 0 aromatic heterocycles. The minimum Gasteiger partial charge on any atom is -0.490 e. The molecule has 0 radical (unpaired) electrons. The molecular formula is C21H23FN4O. The van der Waals surface area contributed by atoms with Crippen LogP contribution in [0, 0.1) is 17.1 Å². The van der Waals surface area contributed by atoms with Gasteiger partial charge in [-0.1, -0.05) is 18.2 Å². The molecule has 6 heteroatoms. The Morgan fingerprint density at radius 3 is 2.67 bits per heavy atom. The summed E-state index contributed by atoms with van der Waals surface area (Å²) in [6, 6.07) is 16.3. The highest BCUT2D eigenvalue weighted by atomic mass is 19.1. The van der Waals surface area contributed by atoms with Crippen molar-refractivity contribution in [3.05, 3.63) is 65.5 Å². The maximum Gasteiger partial charge on any atom is 0.193 e. The lowest BCUT2D eigenvalue weighted by molar-refractivity contribution is 0.129. The molecule has 2 aromatic rings.